The second-order valence-corrected chi connectivity index (χ2v) is 5.83. The van der Waals surface area contributed by atoms with Gasteiger partial charge in [-0.1, -0.05) is 13.8 Å². The Labute approximate surface area is 110 Å². The van der Waals surface area contributed by atoms with Crippen LogP contribution in [0.15, 0.2) is 23.2 Å². The van der Waals surface area contributed by atoms with Crippen LogP contribution < -0.4 is 4.72 Å². The van der Waals surface area contributed by atoms with Crippen molar-refractivity contribution in [1.29, 1.82) is 5.26 Å². The summed E-state index contributed by atoms with van der Waals surface area (Å²) in [6, 6.07) is 2.95. The molecule has 0 aliphatic rings. The third-order valence-corrected chi connectivity index (χ3v) is 3.85. The molecule has 0 aromatic carbocycles. The van der Waals surface area contributed by atoms with Gasteiger partial charge in [-0.05, 0) is 18.1 Å². The van der Waals surface area contributed by atoms with E-state index in [-0.39, 0.29) is 10.6 Å². The fraction of sp³-hybridized carbons (Fsp3) is 0.364. The van der Waals surface area contributed by atoms with Crippen molar-refractivity contribution in [3.05, 3.63) is 24.0 Å². The Hall–Kier alpha value is -1.98. The highest BCUT2D eigenvalue weighted by Gasteiger charge is 2.29. The number of carboxylic acids is 1. The van der Waals surface area contributed by atoms with Gasteiger partial charge in [0.15, 0.2) is 5.69 Å². The maximum atomic E-state index is 12.1. The lowest BCUT2D eigenvalue weighted by Crippen LogP contribution is -2.44. The van der Waals surface area contributed by atoms with Gasteiger partial charge in [0.25, 0.3) is 0 Å². The highest BCUT2D eigenvalue weighted by molar-refractivity contribution is 7.89. The third kappa shape index (κ3) is 3.49. The van der Waals surface area contributed by atoms with Gasteiger partial charge in [0, 0.05) is 6.20 Å². The molecule has 2 N–H and O–H groups in total. The Kier molecular flexibility index (Phi) is 4.58. The summed E-state index contributed by atoms with van der Waals surface area (Å²) in [5.74, 6) is -1.71. The molecule has 1 atom stereocenters. The number of hydrogen-bond donors (Lipinski definition) is 2. The van der Waals surface area contributed by atoms with Crippen LogP contribution >= 0.6 is 0 Å². The number of nitrogens with one attached hydrogen (secondary N) is 1. The molecule has 7 nitrogen and oxygen atoms in total. The van der Waals surface area contributed by atoms with Crippen LogP contribution in [0.1, 0.15) is 19.5 Å². The number of hydrogen-bond acceptors (Lipinski definition) is 5. The van der Waals surface area contributed by atoms with Crippen molar-refractivity contribution in [3.8, 4) is 6.07 Å². The number of aliphatic carboxylic acids is 1. The Morgan fingerprint density at radius 3 is 2.63 bits per heavy atom. The molecule has 0 aliphatic carbocycles. The molecule has 1 aromatic heterocycles. The number of carbonyl (C=O) groups is 1. The van der Waals surface area contributed by atoms with Crippen LogP contribution in [0.5, 0.6) is 0 Å². The molecular weight excluding hydrogens is 270 g/mol. The molecule has 1 rings (SSSR count). The van der Waals surface area contributed by atoms with Crippen LogP contribution in [-0.4, -0.2) is 30.5 Å². The van der Waals surface area contributed by atoms with Gasteiger partial charge >= 0.3 is 5.97 Å². The van der Waals surface area contributed by atoms with Crippen molar-refractivity contribution in [3.63, 3.8) is 0 Å². The average molecular weight is 283 g/mol. The van der Waals surface area contributed by atoms with E-state index in [0.29, 0.717) is 0 Å². The lowest BCUT2D eigenvalue weighted by atomic mass is 10.1. The van der Waals surface area contributed by atoms with Gasteiger partial charge in [-0.15, -0.1) is 0 Å². The first-order valence-corrected chi connectivity index (χ1v) is 6.88. The van der Waals surface area contributed by atoms with Crippen molar-refractivity contribution in [2.45, 2.75) is 24.8 Å². The highest BCUT2D eigenvalue weighted by Crippen LogP contribution is 2.14. The van der Waals surface area contributed by atoms with Gasteiger partial charge in [-0.2, -0.15) is 9.98 Å². The largest absolute Gasteiger partial charge is 0.480 e. The fourth-order valence-corrected chi connectivity index (χ4v) is 2.84. The second-order valence-electron chi connectivity index (χ2n) is 4.14. The van der Waals surface area contributed by atoms with Crippen molar-refractivity contribution in [2.75, 3.05) is 0 Å². The summed E-state index contributed by atoms with van der Waals surface area (Å²) in [5, 5.41) is 17.8. The number of nitriles is 1. The third-order valence-electron chi connectivity index (χ3n) is 2.38. The maximum Gasteiger partial charge on any atom is 0.322 e. The molecule has 0 bridgehead atoms. The number of rotatable bonds is 5. The van der Waals surface area contributed by atoms with Gasteiger partial charge in [0.05, 0.1) is 0 Å². The van der Waals surface area contributed by atoms with E-state index in [2.05, 4.69) is 9.71 Å². The van der Waals surface area contributed by atoms with Crippen LogP contribution in [0.4, 0.5) is 0 Å². The van der Waals surface area contributed by atoms with Crippen molar-refractivity contribution in [1.82, 2.24) is 9.71 Å². The predicted octanol–water partition coefficient (Wildman–Crippen LogP) is 0.341. The first-order valence-electron chi connectivity index (χ1n) is 5.40. The molecule has 0 fully saturated rings. The smallest absolute Gasteiger partial charge is 0.322 e. The number of aromatic nitrogens is 1. The van der Waals surface area contributed by atoms with E-state index in [0.717, 1.165) is 0 Å². The van der Waals surface area contributed by atoms with Crippen molar-refractivity contribution >= 4 is 16.0 Å². The van der Waals surface area contributed by atoms with Crippen LogP contribution in [-0.2, 0) is 14.8 Å². The van der Waals surface area contributed by atoms with Gasteiger partial charge in [0.2, 0.25) is 10.0 Å². The van der Waals surface area contributed by atoms with Gasteiger partial charge < -0.3 is 5.11 Å². The summed E-state index contributed by atoms with van der Waals surface area (Å²) in [7, 11) is -4.11. The first-order chi connectivity index (χ1) is 8.79. The molecule has 0 unspecified atom stereocenters. The number of carboxylic acid groups (broad SMARTS) is 1. The molecule has 102 valence electrons. The lowest BCUT2D eigenvalue weighted by molar-refractivity contribution is -0.140. The summed E-state index contributed by atoms with van der Waals surface area (Å²) >= 11 is 0. The standard InChI is InChI=1S/C11H13N3O4S/c1-7(2)10(11(15)16)14-19(17,18)9-4-3-5-13-8(9)6-12/h3-5,7,10,14H,1-2H3,(H,15,16)/t10-/m0/s1. The molecule has 0 amide bonds. The molecule has 19 heavy (non-hydrogen) atoms. The molecule has 0 aliphatic heterocycles. The predicted molar refractivity (Wildman–Crippen MR) is 65.5 cm³/mol. The summed E-state index contributed by atoms with van der Waals surface area (Å²) in [6.45, 7) is 3.16. The van der Waals surface area contributed by atoms with Crippen molar-refractivity contribution in [2.24, 2.45) is 5.92 Å². The highest BCUT2D eigenvalue weighted by atomic mass is 32.2. The van der Waals surface area contributed by atoms with E-state index in [1.54, 1.807) is 19.9 Å². The van der Waals surface area contributed by atoms with E-state index in [9.17, 15) is 13.2 Å². The molecule has 0 saturated heterocycles. The Morgan fingerprint density at radius 1 is 1.53 bits per heavy atom. The van der Waals surface area contributed by atoms with Gasteiger partial charge in [-0.3, -0.25) is 4.79 Å². The average Bonchev–Trinajstić information content (AvgIpc) is 2.35. The van der Waals surface area contributed by atoms with E-state index in [1.807, 2.05) is 0 Å². The number of sulfonamides is 1. The van der Waals surface area contributed by atoms with Crippen LogP contribution in [0, 0.1) is 17.2 Å². The quantitative estimate of drug-likeness (QED) is 0.804. The molecule has 1 aromatic rings. The van der Waals surface area contributed by atoms with E-state index < -0.39 is 28.0 Å². The zero-order chi connectivity index (χ0) is 14.6. The molecule has 1 heterocycles. The van der Waals surface area contributed by atoms with Gasteiger partial charge in [0.1, 0.15) is 17.0 Å². The normalized spacial score (nSPS) is 12.9. The van der Waals surface area contributed by atoms with Crippen LogP contribution in [0.25, 0.3) is 0 Å². The zero-order valence-corrected chi connectivity index (χ0v) is 11.2. The van der Waals surface area contributed by atoms with Gasteiger partial charge in [-0.25, -0.2) is 13.4 Å². The monoisotopic (exact) mass is 283 g/mol. The summed E-state index contributed by atoms with van der Waals surface area (Å²) in [6.07, 6.45) is 1.29. The summed E-state index contributed by atoms with van der Waals surface area (Å²) in [4.78, 5) is 14.3. The summed E-state index contributed by atoms with van der Waals surface area (Å²) in [5.41, 5.74) is -0.275. The van der Waals surface area contributed by atoms with Crippen molar-refractivity contribution < 1.29 is 18.3 Å². The topological polar surface area (TPSA) is 120 Å². The SMILES string of the molecule is CC(C)[C@H](NS(=O)(=O)c1cccnc1C#N)C(=O)O. The minimum Gasteiger partial charge on any atom is -0.480 e. The minimum absolute atomic E-state index is 0.275. The molecule has 0 spiro atoms. The second kappa shape index (κ2) is 5.77. The van der Waals surface area contributed by atoms with Crippen LogP contribution in [0.2, 0.25) is 0 Å². The first kappa shape index (κ1) is 15.1. The summed E-state index contributed by atoms with van der Waals surface area (Å²) < 4.78 is 26.2. The Balaban J connectivity index is 3.19. The Bertz CT molecular complexity index is 619. The zero-order valence-electron chi connectivity index (χ0n) is 10.4. The fourth-order valence-electron chi connectivity index (χ4n) is 1.39. The van der Waals surface area contributed by atoms with E-state index in [4.69, 9.17) is 10.4 Å². The molecular formula is C11H13N3O4S. The molecule has 0 radical (unpaired) electrons. The number of pyridine rings is 1. The van der Waals surface area contributed by atoms with E-state index in [1.165, 1.54) is 18.3 Å². The van der Waals surface area contributed by atoms with Crippen LogP contribution in [0.3, 0.4) is 0 Å². The number of nitrogens with zero attached hydrogens (tertiary/aromatic N) is 2. The Morgan fingerprint density at radius 2 is 2.16 bits per heavy atom. The lowest BCUT2D eigenvalue weighted by Gasteiger charge is -2.18. The molecule has 8 heteroatoms. The minimum atomic E-state index is -4.11. The van der Waals surface area contributed by atoms with E-state index >= 15 is 0 Å². The maximum absolute atomic E-state index is 12.1. The molecule has 0 saturated carbocycles.